The van der Waals surface area contributed by atoms with Gasteiger partial charge in [-0.25, -0.2) is 5.06 Å². The van der Waals surface area contributed by atoms with E-state index in [1.165, 1.54) is 0 Å². The van der Waals surface area contributed by atoms with E-state index in [0.29, 0.717) is 12.1 Å². The summed E-state index contributed by atoms with van der Waals surface area (Å²) in [6.45, 7) is 1.80. The predicted molar refractivity (Wildman–Crippen MR) is 58.0 cm³/mol. The normalized spacial score (nSPS) is 25.6. The Hall–Kier alpha value is -1.35. The lowest BCUT2D eigenvalue weighted by Gasteiger charge is -2.33. The average Bonchev–Trinajstić information content (AvgIpc) is 2.61. The predicted octanol–water partition coefficient (Wildman–Crippen LogP) is 2.39. The molecule has 1 unspecified atom stereocenters. The number of ketones is 1. The quantitative estimate of drug-likeness (QED) is 0.754. The summed E-state index contributed by atoms with van der Waals surface area (Å²) in [5, 5.41) is 11.2. The molecular weight excluding hydrogens is 190 g/mol. The van der Waals surface area contributed by atoms with E-state index in [0.717, 1.165) is 17.9 Å². The molecule has 0 heterocycles. The first-order valence-electron chi connectivity index (χ1n) is 5.22. The molecule has 80 valence electrons. The molecule has 15 heavy (non-hydrogen) atoms. The number of rotatable bonds is 2. The molecule has 3 heteroatoms. The molecule has 1 aliphatic rings. The Kier molecular flexibility index (Phi) is 2.49. The van der Waals surface area contributed by atoms with Crippen LogP contribution in [-0.4, -0.2) is 16.5 Å². The second-order valence-corrected chi connectivity index (χ2v) is 4.20. The summed E-state index contributed by atoms with van der Waals surface area (Å²) in [6, 6.07) is 9.19. The van der Waals surface area contributed by atoms with Gasteiger partial charge in [-0.1, -0.05) is 18.2 Å². The molecule has 1 saturated carbocycles. The molecule has 3 nitrogen and oxygen atoms in total. The number of carbonyl (C=O) groups excluding carboxylic acids is 1. The zero-order chi connectivity index (χ0) is 10.9. The van der Waals surface area contributed by atoms with Crippen molar-refractivity contribution >= 4 is 11.5 Å². The number of hydrogen-bond acceptors (Lipinski definition) is 3. The van der Waals surface area contributed by atoms with E-state index >= 15 is 0 Å². The molecule has 0 aromatic heterocycles. The van der Waals surface area contributed by atoms with Crippen LogP contribution >= 0.6 is 0 Å². The minimum atomic E-state index is -0.735. The summed E-state index contributed by atoms with van der Waals surface area (Å²) in [5.41, 5.74) is -0.0586. The maximum atomic E-state index is 11.7. The Labute approximate surface area is 89.3 Å². The Morgan fingerprint density at radius 2 is 2.00 bits per heavy atom. The first kappa shape index (κ1) is 10.2. The fraction of sp³-hybridized carbons (Fsp3) is 0.417. The van der Waals surface area contributed by atoms with Crippen molar-refractivity contribution in [2.75, 3.05) is 5.06 Å². The van der Waals surface area contributed by atoms with Gasteiger partial charge in [-0.2, -0.15) is 0 Å². The van der Waals surface area contributed by atoms with Crippen molar-refractivity contribution in [1.82, 2.24) is 0 Å². The molecule has 2 rings (SSSR count). The van der Waals surface area contributed by atoms with E-state index in [4.69, 9.17) is 0 Å². The third-order valence-electron chi connectivity index (χ3n) is 3.14. The number of hydrogen-bond donors (Lipinski definition) is 1. The van der Waals surface area contributed by atoms with E-state index in [1.54, 1.807) is 19.1 Å². The molecule has 1 aliphatic carbocycles. The van der Waals surface area contributed by atoms with E-state index in [1.807, 2.05) is 18.2 Å². The Morgan fingerprint density at radius 1 is 1.33 bits per heavy atom. The monoisotopic (exact) mass is 205 g/mol. The number of benzene rings is 1. The number of hydroxylamine groups is 1. The molecule has 0 spiro atoms. The van der Waals surface area contributed by atoms with Crippen LogP contribution in [0.4, 0.5) is 5.69 Å². The lowest BCUT2D eigenvalue weighted by molar-refractivity contribution is -0.123. The smallest absolute Gasteiger partial charge is 0.160 e. The van der Waals surface area contributed by atoms with Gasteiger partial charge in [0.2, 0.25) is 0 Å². The minimum absolute atomic E-state index is 0.119. The Morgan fingerprint density at radius 3 is 2.53 bits per heavy atom. The third-order valence-corrected chi connectivity index (χ3v) is 3.14. The molecule has 1 atom stereocenters. The van der Waals surface area contributed by atoms with Crippen molar-refractivity contribution in [3.8, 4) is 0 Å². The first-order valence-corrected chi connectivity index (χ1v) is 5.22. The summed E-state index contributed by atoms with van der Waals surface area (Å²) in [5.74, 6) is 0.119. The van der Waals surface area contributed by atoms with Crippen LogP contribution in [0, 0.1) is 0 Å². The molecule has 1 aromatic rings. The highest BCUT2D eigenvalue weighted by molar-refractivity contribution is 5.92. The fourth-order valence-corrected chi connectivity index (χ4v) is 2.08. The van der Waals surface area contributed by atoms with Crippen molar-refractivity contribution in [1.29, 1.82) is 0 Å². The molecular formula is C12H15NO2. The highest BCUT2D eigenvalue weighted by Gasteiger charge is 2.42. The zero-order valence-electron chi connectivity index (χ0n) is 8.81. The van der Waals surface area contributed by atoms with Crippen molar-refractivity contribution in [3.05, 3.63) is 30.3 Å². The summed E-state index contributed by atoms with van der Waals surface area (Å²) in [4.78, 5) is 11.7. The first-order chi connectivity index (χ1) is 7.14. The van der Waals surface area contributed by atoms with Gasteiger partial charge in [0.15, 0.2) is 5.78 Å². The molecule has 0 aliphatic heterocycles. The SMILES string of the molecule is CC1(N(O)c2ccccc2)CCCC1=O. The number of para-hydroxylation sites is 1. The molecule has 0 bridgehead atoms. The second-order valence-electron chi connectivity index (χ2n) is 4.20. The van der Waals surface area contributed by atoms with Crippen molar-refractivity contribution in [2.45, 2.75) is 31.7 Å². The summed E-state index contributed by atoms with van der Waals surface area (Å²) >= 11 is 0. The molecule has 0 radical (unpaired) electrons. The summed E-state index contributed by atoms with van der Waals surface area (Å²) in [7, 11) is 0. The second kappa shape index (κ2) is 3.66. The van der Waals surface area contributed by atoms with Crippen molar-refractivity contribution in [2.24, 2.45) is 0 Å². The lowest BCUT2D eigenvalue weighted by Crippen LogP contribution is -2.47. The van der Waals surface area contributed by atoms with Crippen LogP contribution < -0.4 is 5.06 Å². The number of nitrogens with zero attached hydrogens (tertiary/aromatic N) is 1. The molecule has 1 fully saturated rings. The van der Waals surface area contributed by atoms with Crippen LogP contribution in [0.25, 0.3) is 0 Å². The average molecular weight is 205 g/mol. The van der Waals surface area contributed by atoms with Crippen LogP contribution in [-0.2, 0) is 4.79 Å². The van der Waals surface area contributed by atoms with Gasteiger partial charge in [-0.15, -0.1) is 0 Å². The Balaban J connectivity index is 2.28. The number of anilines is 1. The summed E-state index contributed by atoms with van der Waals surface area (Å²) in [6.07, 6.45) is 2.15. The van der Waals surface area contributed by atoms with E-state index in [-0.39, 0.29) is 5.78 Å². The van der Waals surface area contributed by atoms with Crippen LogP contribution in [0.3, 0.4) is 0 Å². The topological polar surface area (TPSA) is 40.5 Å². The molecule has 1 aromatic carbocycles. The van der Waals surface area contributed by atoms with E-state index < -0.39 is 5.54 Å². The largest absolute Gasteiger partial charge is 0.297 e. The highest BCUT2D eigenvalue weighted by atomic mass is 16.5. The van der Waals surface area contributed by atoms with Crippen molar-refractivity contribution < 1.29 is 10.0 Å². The van der Waals surface area contributed by atoms with Gasteiger partial charge < -0.3 is 0 Å². The van der Waals surface area contributed by atoms with Gasteiger partial charge in [0.05, 0.1) is 5.69 Å². The maximum Gasteiger partial charge on any atom is 0.160 e. The number of Topliss-reactive ketones (excluding diaryl/α,β-unsaturated/α-hetero) is 1. The Bertz CT molecular complexity index is 363. The fourth-order valence-electron chi connectivity index (χ4n) is 2.08. The van der Waals surface area contributed by atoms with Crippen LogP contribution in [0.1, 0.15) is 26.2 Å². The van der Waals surface area contributed by atoms with Gasteiger partial charge >= 0.3 is 0 Å². The van der Waals surface area contributed by atoms with Gasteiger partial charge in [0.25, 0.3) is 0 Å². The van der Waals surface area contributed by atoms with Crippen LogP contribution in [0.2, 0.25) is 0 Å². The molecule has 1 N–H and O–H groups in total. The van der Waals surface area contributed by atoms with E-state index in [2.05, 4.69) is 0 Å². The van der Waals surface area contributed by atoms with Gasteiger partial charge in [-0.3, -0.25) is 10.0 Å². The minimum Gasteiger partial charge on any atom is -0.297 e. The van der Waals surface area contributed by atoms with Gasteiger partial charge in [-0.05, 0) is 31.9 Å². The van der Waals surface area contributed by atoms with Crippen molar-refractivity contribution in [3.63, 3.8) is 0 Å². The molecule has 0 amide bonds. The number of carbonyl (C=O) groups is 1. The summed E-state index contributed by atoms with van der Waals surface area (Å²) < 4.78 is 0. The standard InChI is InChI=1S/C12H15NO2/c1-12(9-5-8-11(12)14)13(15)10-6-3-2-4-7-10/h2-4,6-7,15H,5,8-9H2,1H3. The van der Waals surface area contributed by atoms with Crippen LogP contribution in [0.5, 0.6) is 0 Å². The van der Waals surface area contributed by atoms with Gasteiger partial charge in [0.1, 0.15) is 5.54 Å². The third kappa shape index (κ3) is 1.63. The highest BCUT2D eigenvalue weighted by Crippen LogP contribution is 2.33. The lowest BCUT2D eigenvalue weighted by atomic mass is 9.98. The zero-order valence-corrected chi connectivity index (χ0v) is 8.81. The van der Waals surface area contributed by atoms with Crippen LogP contribution in [0.15, 0.2) is 30.3 Å². The van der Waals surface area contributed by atoms with E-state index in [9.17, 15) is 10.0 Å². The van der Waals surface area contributed by atoms with Gasteiger partial charge in [0, 0.05) is 6.42 Å². The maximum absolute atomic E-state index is 11.7. The molecule has 0 saturated heterocycles.